The van der Waals surface area contributed by atoms with Crippen molar-refractivity contribution < 1.29 is 6.16 Å². The van der Waals surface area contributed by atoms with Gasteiger partial charge in [-0.25, -0.2) is 0 Å². The third kappa shape index (κ3) is 2.70. The highest BCUT2D eigenvalue weighted by Gasteiger charge is 2.18. The third-order valence-corrected chi connectivity index (χ3v) is 2.74. The van der Waals surface area contributed by atoms with Crippen LogP contribution in [0.4, 0.5) is 0 Å². The molecule has 1 aromatic rings. The molecule has 1 fully saturated rings. The fourth-order valence-corrected chi connectivity index (χ4v) is 1.47. The summed E-state index contributed by atoms with van der Waals surface area (Å²) in [4.78, 5) is 0. The molecule has 90 valence electrons. The molecule has 0 saturated carbocycles. The first-order valence-electron chi connectivity index (χ1n) is 5.73. The van der Waals surface area contributed by atoms with Gasteiger partial charge in [0.1, 0.15) is 0 Å². The summed E-state index contributed by atoms with van der Waals surface area (Å²) in [5, 5.41) is 11.5. The molecule has 4 heteroatoms. The Labute approximate surface area is 97.9 Å². The van der Waals surface area contributed by atoms with Crippen LogP contribution in [0.25, 0.3) is 0 Å². The molecule has 1 aliphatic rings. The van der Waals surface area contributed by atoms with E-state index >= 15 is 0 Å². The molecule has 0 aromatic carbocycles. The largest absolute Gasteiger partial charge is 0.476 e. The Morgan fingerprint density at radius 2 is 2.12 bits per heavy atom. The lowest BCUT2D eigenvalue weighted by molar-refractivity contribution is 0.191. The van der Waals surface area contributed by atoms with Crippen LogP contribution in [-0.2, 0) is 5.41 Å². The van der Waals surface area contributed by atoms with E-state index in [1.807, 2.05) is 12.1 Å². The molecule has 1 aliphatic heterocycles. The molecule has 2 heterocycles. The lowest BCUT2D eigenvalue weighted by atomic mass is 9.92. The number of hydrogen-bond acceptors (Lipinski definition) is 4. The standard InChI is InChI=1S/C12H19N3O.H2/c1-12(2,3)10-4-5-11(15-14-10)16-8-9-6-13-7-9;/h4-5,9,13H,6-8H2,1-3H3;1H. The van der Waals surface area contributed by atoms with Crippen LogP contribution in [0.2, 0.25) is 0 Å². The van der Waals surface area contributed by atoms with E-state index in [0.717, 1.165) is 25.4 Å². The number of aromatic nitrogens is 2. The second kappa shape index (κ2) is 4.37. The average Bonchev–Trinajstić information content (AvgIpc) is 2.15. The lowest BCUT2D eigenvalue weighted by Gasteiger charge is -2.26. The second-order valence-corrected chi connectivity index (χ2v) is 5.34. The van der Waals surface area contributed by atoms with Gasteiger partial charge in [0.2, 0.25) is 5.88 Å². The maximum atomic E-state index is 5.56. The van der Waals surface area contributed by atoms with E-state index in [4.69, 9.17) is 4.74 Å². The van der Waals surface area contributed by atoms with Gasteiger partial charge in [-0.15, -0.1) is 5.10 Å². The summed E-state index contributed by atoms with van der Waals surface area (Å²) in [7, 11) is 0. The van der Waals surface area contributed by atoms with E-state index in [0.29, 0.717) is 11.8 Å². The van der Waals surface area contributed by atoms with E-state index in [-0.39, 0.29) is 6.84 Å². The first-order chi connectivity index (χ1) is 7.55. The second-order valence-electron chi connectivity index (χ2n) is 5.34. The molecule has 1 N–H and O–H groups in total. The number of hydrogen-bond donors (Lipinski definition) is 1. The van der Waals surface area contributed by atoms with Gasteiger partial charge in [-0.05, 0) is 6.07 Å². The van der Waals surface area contributed by atoms with Gasteiger partial charge in [0, 0.05) is 31.9 Å². The van der Waals surface area contributed by atoms with E-state index in [1.165, 1.54) is 0 Å². The molecule has 1 aromatic heterocycles. The molecule has 1 saturated heterocycles. The topological polar surface area (TPSA) is 47.0 Å². The highest BCUT2D eigenvalue weighted by molar-refractivity contribution is 5.16. The SMILES string of the molecule is CC(C)(C)c1ccc(OCC2CNC2)nn1.[HH]. The minimum atomic E-state index is 0. The summed E-state index contributed by atoms with van der Waals surface area (Å²) in [6.45, 7) is 9.20. The molecule has 0 aliphatic carbocycles. The minimum Gasteiger partial charge on any atom is -0.476 e. The Kier molecular flexibility index (Phi) is 3.10. The first-order valence-corrected chi connectivity index (χ1v) is 5.73. The van der Waals surface area contributed by atoms with Crippen LogP contribution >= 0.6 is 0 Å². The van der Waals surface area contributed by atoms with Crippen molar-refractivity contribution in [2.45, 2.75) is 26.2 Å². The molecule has 2 rings (SSSR count). The Bertz CT molecular complexity index is 344. The monoisotopic (exact) mass is 223 g/mol. The summed E-state index contributed by atoms with van der Waals surface area (Å²) in [6, 6.07) is 3.89. The van der Waals surface area contributed by atoms with Crippen molar-refractivity contribution in [2.75, 3.05) is 19.7 Å². The molecular weight excluding hydrogens is 202 g/mol. The summed E-state index contributed by atoms with van der Waals surface area (Å²) in [5.74, 6) is 1.25. The Hall–Kier alpha value is -1.16. The maximum Gasteiger partial charge on any atom is 0.233 e. The molecule has 0 unspecified atom stereocenters. The lowest BCUT2D eigenvalue weighted by Crippen LogP contribution is -2.45. The predicted octanol–water partition coefficient (Wildman–Crippen LogP) is 1.62. The van der Waals surface area contributed by atoms with Gasteiger partial charge in [0.15, 0.2) is 0 Å². The predicted molar refractivity (Wildman–Crippen MR) is 64.7 cm³/mol. The van der Waals surface area contributed by atoms with Gasteiger partial charge in [-0.3, -0.25) is 0 Å². The molecule has 0 amide bonds. The van der Waals surface area contributed by atoms with Crippen molar-refractivity contribution in [3.05, 3.63) is 17.8 Å². The quantitative estimate of drug-likeness (QED) is 0.846. The maximum absolute atomic E-state index is 5.56. The van der Waals surface area contributed by atoms with Gasteiger partial charge in [0.25, 0.3) is 0 Å². The van der Waals surface area contributed by atoms with Gasteiger partial charge in [-0.1, -0.05) is 20.8 Å². The van der Waals surface area contributed by atoms with Gasteiger partial charge in [-0.2, -0.15) is 5.10 Å². The molecular formula is C12H21N3O. The zero-order valence-corrected chi connectivity index (χ0v) is 10.2. The molecule has 0 atom stereocenters. The number of nitrogens with zero attached hydrogens (tertiary/aromatic N) is 2. The zero-order valence-electron chi connectivity index (χ0n) is 10.2. The zero-order chi connectivity index (χ0) is 11.6. The molecule has 0 bridgehead atoms. The van der Waals surface area contributed by atoms with E-state index in [1.54, 1.807) is 0 Å². The van der Waals surface area contributed by atoms with E-state index < -0.39 is 0 Å². The van der Waals surface area contributed by atoms with Crippen molar-refractivity contribution >= 4 is 0 Å². The van der Waals surface area contributed by atoms with Crippen LogP contribution < -0.4 is 10.1 Å². The summed E-state index contributed by atoms with van der Waals surface area (Å²) in [6.07, 6.45) is 0. The number of nitrogens with one attached hydrogen (secondary N) is 1. The molecule has 16 heavy (non-hydrogen) atoms. The Balaban J connectivity index is 0.00000144. The van der Waals surface area contributed by atoms with E-state index in [2.05, 4.69) is 36.3 Å². The summed E-state index contributed by atoms with van der Waals surface area (Å²) < 4.78 is 5.56. The van der Waals surface area contributed by atoms with Crippen LogP contribution in [0.15, 0.2) is 12.1 Å². The first kappa shape index (κ1) is 11.3. The highest BCUT2D eigenvalue weighted by Crippen LogP contribution is 2.20. The number of rotatable bonds is 3. The van der Waals surface area contributed by atoms with Crippen molar-refractivity contribution in [2.24, 2.45) is 5.92 Å². The van der Waals surface area contributed by atoms with Crippen molar-refractivity contribution in [1.29, 1.82) is 0 Å². The summed E-state index contributed by atoms with van der Waals surface area (Å²) >= 11 is 0. The van der Waals surface area contributed by atoms with Crippen LogP contribution in [0.1, 0.15) is 27.9 Å². The molecule has 4 nitrogen and oxygen atoms in total. The number of ether oxygens (including phenoxy) is 1. The highest BCUT2D eigenvalue weighted by atomic mass is 16.5. The van der Waals surface area contributed by atoms with Crippen LogP contribution in [0.3, 0.4) is 0 Å². The normalized spacial score (nSPS) is 16.9. The summed E-state index contributed by atoms with van der Waals surface area (Å²) in [5.41, 5.74) is 1.04. The fourth-order valence-electron chi connectivity index (χ4n) is 1.47. The minimum absolute atomic E-state index is 0. The van der Waals surface area contributed by atoms with Gasteiger partial charge < -0.3 is 10.1 Å². The van der Waals surface area contributed by atoms with Crippen LogP contribution in [0, 0.1) is 5.92 Å². The Morgan fingerprint density at radius 1 is 1.38 bits per heavy atom. The smallest absolute Gasteiger partial charge is 0.233 e. The van der Waals surface area contributed by atoms with Crippen molar-refractivity contribution in [3.8, 4) is 5.88 Å². The third-order valence-electron chi connectivity index (χ3n) is 2.74. The fraction of sp³-hybridized carbons (Fsp3) is 0.667. The molecule has 0 spiro atoms. The van der Waals surface area contributed by atoms with Crippen LogP contribution in [0.5, 0.6) is 5.88 Å². The molecule has 0 radical (unpaired) electrons. The van der Waals surface area contributed by atoms with Crippen LogP contribution in [-0.4, -0.2) is 29.9 Å². The van der Waals surface area contributed by atoms with E-state index in [9.17, 15) is 0 Å². The average molecular weight is 223 g/mol. The van der Waals surface area contributed by atoms with Crippen molar-refractivity contribution in [3.63, 3.8) is 0 Å². The Morgan fingerprint density at radius 3 is 2.56 bits per heavy atom. The van der Waals surface area contributed by atoms with Gasteiger partial charge >= 0.3 is 0 Å². The van der Waals surface area contributed by atoms with Crippen molar-refractivity contribution in [1.82, 2.24) is 15.5 Å². The van der Waals surface area contributed by atoms with Gasteiger partial charge in [0.05, 0.1) is 12.3 Å².